The summed E-state index contributed by atoms with van der Waals surface area (Å²) in [4.78, 5) is 24.4. The predicted molar refractivity (Wildman–Crippen MR) is 115 cm³/mol. The van der Waals surface area contributed by atoms with Crippen LogP contribution >= 0.6 is 11.8 Å². The number of halogens is 1. The molecule has 0 fully saturated rings. The van der Waals surface area contributed by atoms with E-state index < -0.39 is 38.6 Å². The zero-order valence-corrected chi connectivity index (χ0v) is 18.5. The summed E-state index contributed by atoms with van der Waals surface area (Å²) in [6.07, 6.45) is 1.96. The Balaban J connectivity index is 2.11. The summed E-state index contributed by atoms with van der Waals surface area (Å²) in [5, 5.41) is 0. The Bertz CT molecular complexity index is 1030. The Kier molecular flexibility index (Phi) is 8.39. The van der Waals surface area contributed by atoms with Crippen LogP contribution < -0.4 is 15.6 Å². The van der Waals surface area contributed by atoms with Crippen molar-refractivity contribution in [1.29, 1.82) is 0 Å². The number of benzene rings is 2. The number of nitrogens with one attached hydrogen (secondary N) is 3. The van der Waals surface area contributed by atoms with Crippen molar-refractivity contribution in [2.45, 2.75) is 31.2 Å². The standard InChI is InChI=1S/C20H24FN3O4S2/c1-13-8-9-15(14(2)12-13)19(25)22-23-20(26)17(10-11-29-3)24-30(27,28)18-7-5-4-6-16(18)21/h4-9,12,17,24H,10-11H2,1-3H3,(H,22,25)(H,23,26). The van der Waals surface area contributed by atoms with Crippen LogP contribution in [0.4, 0.5) is 4.39 Å². The molecule has 0 heterocycles. The number of hydrogen-bond acceptors (Lipinski definition) is 5. The minimum Gasteiger partial charge on any atom is -0.271 e. The third-order valence-corrected chi connectivity index (χ3v) is 6.43. The second kappa shape index (κ2) is 10.6. The van der Waals surface area contributed by atoms with Crippen LogP contribution in [0.2, 0.25) is 0 Å². The zero-order valence-electron chi connectivity index (χ0n) is 16.9. The van der Waals surface area contributed by atoms with Crippen LogP contribution in [0.5, 0.6) is 0 Å². The smallest absolute Gasteiger partial charge is 0.269 e. The lowest BCUT2D eigenvalue weighted by Gasteiger charge is -2.19. The summed E-state index contributed by atoms with van der Waals surface area (Å²) in [5.74, 6) is -1.72. The number of amides is 2. The normalized spacial score (nSPS) is 12.3. The lowest BCUT2D eigenvalue weighted by atomic mass is 10.1. The minimum atomic E-state index is -4.28. The molecule has 30 heavy (non-hydrogen) atoms. The third kappa shape index (κ3) is 6.28. The van der Waals surface area contributed by atoms with Crippen molar-refractivity contribution in [3.8, 4) is 0 Å². The molecule has 0 aliphatic carbocycles. The van der Waals surface area contributed by atoms with E-state index in [0.717, 1.165) is 23.3 Å². The van der Waals surface area contributed by atoms with Crippen molar-refractivity contribution in [3.05, 3.63) is 65.0 Å². The molecule has 7 nitrogen and oxygen atoms in total. The molecule has 0 bridgehead atoms. The van der Waals surface area contributed by atoms with Gasteiger partial charge in [0.05, 0.1) is 0 Å². The first-order valence-corrected chi connectivity index (χ1v) is 12.0. The maximum atomic E-state index is 13.9. The summed E-state index contributed by atoms with van der Waals surface area (Å²) < 4.78 is 41.2. The quantitative estimate of drug-likeness (QED) is 0.532. The molecule has 0 saturated heterocycles. The third-order valence-electron chi connectivity index (χ3n) is 4.28. The van der Waals surface area contributed by atoms with Crippen LogP contribution in [0, 0.1) is 19.7 Å². The summed E-state index contributed by atoms with van der Waals surface area (Å²) >= 11 is 1.42. The molecule has 0 spiro atoms. The van der Waals surface area contributed by atoms with Crippen LogP contribution in [0.15, 0.2) is 47.4 Å². The van der Waals surface area contributed by atoms with E-state index in [-0.39, 0.29) is 6.42 Å². The first kappa shape index (κ1) is 23.8. The summed E-state index contributed by atoms with van der Waals surface area (Å²) in [6, 6.07) is 8.94. The fraction of sp³-hybridized carbons (Fsp3) is 0.300. The largest absolute Gasteiger partial charge is 0.271 e. The summed E-state index contributed by atoms with van der Waals surface area (Å²) in [5.41, 5.74) is 6.66. The Morgan fingerprint density at radius 1 is 1.10 bits per heavy atom. The second-order valence-electron chi connectivity index (χ2n) is 6.65. The van der Waals surface area contributed by atoms with Gasteiger partial charge in [-0.1, -0.05) is 29.8 Å². The highest BCUT2D eigenvalue weighted by Crippen LogP contribution is 2.15. The molecule has 2 rings (SSSR count). The molecule has 3 N–H and O–H groups in total. The molecule has 2 aromatic carbocycles. The molecule has 1 atom stereocenters. The van der Waals surface area contributed by atoms with Crippen molar-refractivity contribution >= 4 is 33.6 Å². The number of aryl methyl sites for hydroxylation is 2. The van der Waals surface area contributed by atoms with Gasteiger partial charge in [0, 0.05) is 5.56 Å². The molecule has 0 aliphatic heterocycles. The van der Waals surface area contributed by atoms with Gasteiger partial charge < -0.3 is 0 Å². The lowest BCUT2D eigenvalue weighted by Crippen LogP contribution is -2.52. The van der Waals surface area contributed by atoms with Gasteiger partial charge in [0.2, 0.25) is 10.0 Å². The molecular formula is C20H24FN3O4S2. The van der Waals surface area contributed by atoms with Crippen molar-refractivity contribution in [1.82, 2.24) is 15.6 Å². The maximum Gasteiger partial charge on any atom is 0.269 e. The number of carbonyl (C=O) groups excluding carboxylic acids is 2. The topological polar surface area (TPSA) is 104 Å². The lowest BCUT2D eigenvalue weighted by molar-refractivity contribution is -0.123. The fourth-order valence-corrected chi connectivity index (χ4v) is 4.51. The van der Waals surface area contributed by atoms with Gasteiger partial charge in [0.1, 0.15) is 16.8 Å². The summed E-state index contributed by atoms with van der Waals surface area (Å²) in [6.45, 7) is 3.67. The van der Waals surface area contributed by atoms with Gasteiger partial charge in [-0.3, -0.25) is 20.4 Å². The number of thioether (sulfide) groups is 1. The fourth-order valence-electron chi connectivity index (χ4n) is 2.73. The summed E-state index contributed by atoms with van der Waals surface area (Å²) in [7, 11) is -4.28. The molecule has 2 amide bonds. The van der Waals surface area contributed by atoms with Gasteiger partial charge in [-0.2, -0.15) is 16.5 Å². The van der Waals surface area contributed by atoms with E-state index in [1.807, 2.05) is 19.2 Å². The monoisotopic (exact) mass is 453 g/mol. The predicted octanol–water partition coefficient (Wildman–Crippen LogP) is 2.30. The Hall–Kier alpha value is -2.43. The highest BCUT2D eigenvalue weighted by atomic mass is 32.2. The van der Waals surface area contributed by atoms with Crippen LogP contribution in [0.25, 0.3) is 0 Å². The van der Waals surface area contributed by atoms with Crippen LogP contribution in [0.3, 0.4) is 0 Å². The van der Waals surface area contributed by atoms with Crippen molar-refractivity contribution in [2.24, 2.45) is 0 Å². The average molecular weight is 454 g/mol. The first-order valence-electron chi connectivity index (χ1n) is 9.09. The van der Waals surface area contributed by atoms with E-state index in [1.54, 1.807) is 19.1 Å². The van der Waals surface area contributed by atoms with E-state index in [1.165, 1.54) is 23.9 Å². The SMILES string of the molecule is CSCCC(NS(=O)(=O)c1ccccc1F)C(=O)NNC(=O)c1ccc(C)cc1C. The van der Waals surface area contributed by atoms with Crippen LogP contribution in [-0.4, -0.2) is 38.3 Å². The van der Waals surface area contributed by atoms with Gasteiger partial charge in [-0.25, -0.2) is 12.8 Å². The highest BCUT2D eigenvalue weighted by Gasteiger charge is 2.27. The minimum absolute atomic E-state index is 0.153. The maximum absolute atomic E-state index is 13.9. The Morgan fingerprint density at radius 2 is 1.80 bits per heavy atom. The zero-order chi connectivity index (χ0) is 22.3. The molecular weight excluding hydrogens is 429 g/mol. The van der Waals surface area contributed by atoms with Gasteiger partial charge in [0.25, 0.3) is 11.8 Å². The van der Waals surface area contributed by atoms with Gasteiger partial charge in [0.15, 0.2) is 0 Å². The molecule has 162 valence electrons. The van der Waals surface area contributed by atoms with Crippen molar-refractivity contribution < 1.29 is 22.4 Å². The Morgan fingerprint density at radius 3 is 2.43 bits per heavy atom. The van der Waals surface area contributed by atoms with Gasteiger partial charge in [-0.15, -0.1) is 0 Å². The number of carbonyl (C=O) groups is 2. The highest BCUT2D eigenvalue weighted by molar-refractivity contribution is 7.98. The van der Waals surface area contributed by atoms with E-state index in [0.29, 0.717) is 11.3 Å². The molecule has 2 aromatic rings. The molecule has 0 radical (unpaired) electrons. The number of hydrazine groups is 1. The molecule has 10 heteroatoms. The Labute approximate surface area is 179 Å². The van der Waals surface area contributed by atoms with Crippen LogP contribution in [0.1, 0.15) is 27.9 Å². The van der Waals surface area contributed by atoms with Crippen molar-refractivity contribution in [2.75, 3.05) is 12.0 Å². The molecule has 0 saturated carbocycles. The second-order valence-corrected chi connectivity index (χ2v) is 9.32. The van der Waals surface area contributed by atoms with E-state index in [4.69, 9.17) is 0 Å². The molecule has 1 unspecified atom stereocenters. The van der Waals surface area contributed by atoms with Gasteiger partial charge >= 0.3 is 0 Å². The van der Waals surface area contributed by atoms with E-state index >= 15 is 0 Å². The molecule has 0 aromatic heterocycles. The van der Waals surface area contributed by atoms with E-state index in [9.17, 15) is 22.4 Å². The number of hydrogen-bond donors (Lipinski definition) is 3. The average Bonchev–Trinajstić information content (AvgIpc) is 2.69. The van der Waals surface area contributed by atoms with E-state index in [2.05, 4.69) is 15.6 Å². The number of rotatable bonds is 8. The number of sulfonamides is 1. The molecule has 0 aliphatic rings. The first-order chi connectivity index (χ1) is 14.2. The van der Waals surface area contributed by atoms with Gasteiger partial charge in [-0.05, 0) is 56.0 Å². The van der Waals surface area contributed by atoms with Crippen molar-refractivity contribution in [3.63, 3.8) is 0 Å². The van der Waals surface area contributed by atoms with Crippen LogP contribution in [-0.2, 0) is 14.8 Å².